The third kappa shape index (κ3) is 3.03. The Labute approximate surface area is 132 Å². The fraction of sp³-hybridized carbons (Fsp3) is 0.611. The lowest BCUT2D eigenvalue weighted by Crippen LogP contribution is -2.68. The summed E-state index contributed by atoms with van der Waals surface area (Å²) in [6.07, 6.45) is 0.611. The molecular formula is C18H27NO3. The first-order chi connectivity index (χ1) is 10.3. The minimum absolute atomic E-state index is 0.0472. The summed E-state index contributed by atoms with van der Waals surface area (Å²) in [6.45, 7) is 8.72. The van der Waals surface area contributed by atoms with Crippen LogP contribution in [-0.4, -0.2) is 35.9 Å². The van der Waals surface area contributed by atoms with Crippen molar-refractivity contribution in [3.63, 3.8) is 0 Å². The highest BCUT2D eigenvalue weighted by Gasteiger charge is 2.59. The molecular weight excluding hydrogens is 278 g/mol. The number of rotatable bonds is 6. The number of benzene rings is 1. The molecule has 0 heterocycles. The number of carbonyl (C=O) groups excluding carboxylic acids is 1. The quantitative estimate of drug-likeness (QED) is 0.849. The van der Waals surface area contributed by atoms with Crippen molar-refractivity contribution < 1.29 is 14.6 Å². The van der Waals surface area contributed by atoms with Gasteiger partial charge >= 0.3 is 0 Å². The number of aliphatic hydroxyl groups is 1. The first-order valence-corrected chi connectivity index (χ1v) is 7.98. The smallest absolute Gasteiger partial charge is 0.227 e. The second-order valence-corrected chi connectivity index (χ2v) is 6.75. The summed E-state index contributed by atoms with van der Waals surface area (Å²) in [4.78, 5) is 12.3. The van der Waals surface area contributed by atoms with Crippen LogP contribution in [0.2, 0.25) is 0 Å². The minimum atomic E-state index is -0.904. The van der Waals surface area contributed by atoms with Crippen molar-refractivity contribution in [1.82, 2.24) is 5.32 Å². The molecule has 1 fully saturated rings. The predicted molar refractivity (Wildman–Crippen MR) is 86.6 cm³/mol. The molecule has 122 valence electrons. The van der Waals surface area contributed by atoms with Gasteiger partial charge in [-0.1, -0.05) is 44.2 Å². The lowest BCUT2D eigenvalue weighted by molar-refractivity contribution is -0.238. The van der Waals surface area contributed by atoms with E-state index in [4.69, 9.17) is 4.74 Å². The van der Waals surface area contributed by atoms with Crippen molar-refractivity contribution in [3.05, 3.63) is 35.9 Å². The van der Waals surface area contributed by atoms with E-state index in [1.165, 1.54) is 0 Å². The number of nitrogens with one attached hydrogen (secondary N) is 1. The van der Waals surface area contributed by atoms with Gasteiger partial charge in [0.2, 0.25) is 5.91 Å². The van der Waals surface area contributed by atoms with Crippen LogP contribution in [0.4, 0.5) is 0 Å². The Kier molecular flexibility index (Phi) is 4.93. The molecule has 1 aliphatic carbocycles. The van der Waals surface area contributed by atoms with Crippen LogP contribution >= 0.6 is 0 Å². The largest absolute Gasteiger partial charge is 0.387 e. The number of amides is 1. The maximum atomic E-state index is 12.3. The normalized spacial score (nSPS) is 27.8. The molecule has 0 aliphatic heterocycles. The van der Waals surface area contributed by atoms with E-state index in [1.54, 1.807) is 0 Å². The van der Waals surface area contributed by atoms with Gasteiger partial charge in [0.25, 0.3) is 0 Å². The van der Waals surface area contributed by atoms with Crippen LogP contribution in [0, 0.1) is 5.41 Å². The van der Waals surface area contributed by atoms with E-state index < -0.39 is 5.60 Å². The summed E-state index contributed by atoms with van der Waals surface area (Å²) in [5.74, 6) is -0.286. The highest BCUT2D eigenvalue weighted by atomic mass is 16.5. The summed E-state index contributed by atoms with van der Waals surface area (Å²) in [5.41, 5.74) is -0.280. The van der Waals surface area contributed by atoms with Gasteiger partial charge in [-0.25, -0.2) is 0 Å². The lowest BCUT2D eigenvalue weighted by atomic mass is 9.56. The molecule has 2 rings (SSSR count). The van der Waals surface area contributed by atoms with E-state index >= 15 is 0 Å². The summed E-state index contributed by atoms with van der Waals surface area (Å²) in [7, 11) is 0. The Morgan fingerprint density at radius 1 is 1.41 bits per heavy atom. The van der Waals surface area contributed by atoms with Gasteiger partial charge in [0, 0.05) is 25.0 Å². The summed E-state index contributed by atoms with van der Waals surface area (Å²) in [6, 6.07) is 9.67. The standard InChI is InChI=1S/C18H27NO3/c1-5-22-15-11-18(21,17(15,3)4)12-19-16(20)13(2)14-9-7-6-8-10-14/h6-10,13,15,21H,5,11-12H2,1-4H3,(H,19,20)/t13-,15-,18+/m1/s1. The van der Waals surface area contributed by atoms with E-state index in [1.807, 2.05) is 58.0 Å². The molecule has 2 N–H and O–H groups in total. The molecule has 0 aromatic heterocycles. The van der Waals surface area contributed by atoms with Crippen LogP contribution in [0.1, 0.15) is 45.6 Å². The van der Waals surface area contributed by atoms with E-state index in [9.17, 15) is 9.90 Å². The minimum Gasteiger partial charge on any atom is -0.387 e. The van der Waals surface area contributed by atoms with E-state index in [0.717, 1.165) is 5.56 Å². The molecule has 0 unspecified atom stereocenters. The van der Waals surface area contributed by atoms with Gasteiger partial charge < -0.3 is 15.2 Å². The third-order valence-electron chi connectivity index (χ3n) is 5.14. The molecule has 4 nitrogen and oxygen atoms in total. The fourth-order valence-corrected chi connectivity index (χ4v) is 3.04. The second-order valence-electron chi connectivity index (χ2n) is 6.75. The molecule has 1 aliphatic rings. The summed E-state index contributed by atoms with van der Waals surface area (Å²) >= 11 is 0. The number of hydrogen-bond acceptors (Lipinski definition) is 3. The molecule has 0 spiro atoms. The SMILES string of the molecule is CCO[C@@H]1C[C@](O)(CNC(=O)[C@H](C)c2ccccc2)C1(C)C. The highest BCUT2D eigenvalue weighted by Crippen LogP contribution is 2.50. The molecule has 1 aromatic carbocycles. The van der Waals surface area contributed by atoms with Gasteiger partial charge in [0.15, 0.2) is 0 Å². The molecule has 0 saturated heterocycles. The third-order valence-corrected chi connectivity index (χ3v) is 5.14. The highest BCUT2D eigenvalue weighted by molar-refractivity contribution is 5.83. The van der Waals surface area contributed by atoms with Crippen molar-refractivity contribution in [2.75, 3.05) is 13.2 Å². The van der Waals surface area contributed by atoms with Crippen LogP contribution in [-0.2, 0) is 9.53 Å². The topological polar surface area (TPSA) is 58.6 Å². The first kappa shape index (κ1) is 17.0. The van der Waals surface area contributed by atoms with Gasteiger partial charge in [0.1, 0.15) is 0 Å². The zero-order chi connectivity index (χ0) is 16.4. The Bertz CT molecular complexity index is 514. The van der Waals surface area contributed by atoms with Gasteiger partial charge in [-0.3, -0.25) is 4.79 Å². The molecule has 0 radical (unpaired) electrons. The second kappa shape index (κ2) is 6.39. The number of ether oxygens (including phenoxy) is 1. The number of carbonyl (C=O) groups is 1. The van der Waals surface area contributed by atoms with Crippen molar-refractivity contribution in [2.24, 2.45) is 5.41 Å². The Morgan fingerprint density at radius 2 is 2.05 bits per heavy atom. The maximum absolute atomic E-state index is 12.3. The van der Waals surface area contributed by atoms with Gasteiger partial charge in [0.05, 0.1) is 17.6 Å². The Morgan fingerprint density at radius 3 is 2.59 bits per heavy atom. The van der Waals surface area contributed by atoms with E-state index in [0.29, 0.717) is 13.0 Å². The van der Waals surface area contributed by atoms with E-state index in [2.05, 4.69) is 5.32 Å². The van der Waals surface area contributed by atoms with Crippen LogP contribution in [0.5, 0.6) is 0 Å². The molecule has 1 aromatic rings. The van der Waals surface area contributed by atoms with Gasteiger partial charge in [-0.2, -0.15) is 0 Å². The monoisotopic (exact) mass is 305 g/mol. The van der Waals surface area contributed by atoms with Crippen molar-refractivity contribution in [1.29, 1.82) is 0 Å². The molecule has 1 amide bonds. The van der Waals surface area contributed by atoms with Crippen molar-refractivity contribution in [3.8, 4) is 0 Å². The Hall–Kier alpha value is -1.39. The van der Waals surface area contributed by atoms with Crippen LogP contribution < -0.4 is 5.32 Å². The Balaban J connectivity index is 1.92. The van der Waals surface area contributed by atoms with Crippen LogP contribution in [0.25, 0.3) is 0 Å². The molecule has 1 saturated carbocycles. The fourth-order valence-electron chi connectivity index (χ4n) is 3.04. The van der Waals surface area contributed by atoms with Crippen molar-refractivity contribution in [2.45, 2.75) is 51.7 Å². The molecule has 4 heteroatoms. The van der Waals surface area contributed by atoms with Gasteiger partial charge in [-0.15, -0.1) is 0 Å². The molecule has 22 heavy (non-hydrogen) atoms. The number of hydrogen-bond donors (Lipinski definition) is 2. The average Bonchev–Trinajstić information content (AvgIpc) is 2.52. The summed E-state index contributed by atoms with van der Waals surface area (Å²) in [5, 5.41) is 13.6. The maximum Gasteiger partial charge on any atom is 0.227 e. The molecule has 3 atom stereocenters. The van der Waals surface area contributed by atoms with E-state index in [-0.39, 0.29) is 29.9 Å². The first-order valence-electron chi connectivity index (χ1n) is 7.98. The van der Waals surface area contributed by atoms with Crippen LogP contribution in [0.15, 0.2) is 30.3 Å². The summed E-state index contributed by atoms with van der Waals surface area (Å²) < 4.78 is 5.64. The lowest BCUT2D eigenvalue weighted by Gasteiger charge is -2.58. The predicted octanol–water partition coefficient (Wildman–Crippen LogP) is 2.47. The average molecular weight is 305 g/mol. The zero-order valence-electron chi connectivity index (χ0n) is 13.9. The molecule has 0 bridgehead atoms. The van der Waals surface area contributed by atoms with Gasteiger partial charge in [-0.05, 0) is 19.4 Å². The van der Waals surface area contributed by atoms with Crippen molar-refractivity contribution >= 4 is 5.91 Å². The van der Waals surface area contributed by atoms with Crippen LogP contribution in [0.3, 0.4) is 0 Å². The zero-order valence-corrected chi connectivity index (χ0v) is 13.9.